The topological polar surface area (TPSA) is 90.3 Å². The highest BCUT2D eigenvalue weighted by atomic mass is 16.3. The second-order valence-corrected chi connectivity index (χ2v) is 6.48. The fourth-order valence-corrected chi connectivity index (χ4v) is 3.77. The highest BCUT2D eigenvalue weighted by Gasteiger charge is 2.56. The van der Waals surface area contributed by atoms with Crippen molar-refractivity contribution in [3.63, 3.8) is 0 Å². The van der Waals surface area contributed by atoms with Gasteiger partial charge in [0.1, 0.15) is 6.04 Å². The molecule has 116 valence electrons. The van der Waals surface area contributed by atoms with Crippen molar-refractivity contribution in [3.8, 4) is 6.07 Å². The molecule has 0 aromatic rings. The van der Waals surface area contributed by atoms with E-state index in [1.165, 1.54) is 0 Å². The van der Waals surface area contributed by atoms with E-state index in [1.807, 2.05) is 13.8 Å². The zero-order valence-corrected chi connectivity index (χ0v) is 12.9. The Morgan fingerprint density at radius 2 is 2.14 bits per heavy atom. The van der Waals surface area contributed by atoms with Crippen LogP contribution in [0.1, 0.15) is 46.0 Å². The lowest BCUT2D eigenvalue weighted by atomic mass is 9.72. The number of hydrogen-bond donors (Lipinski definition) is 2. The molecule has 5 nitrogen and oxygen atoms in total. The molecule has 2 rings (SSSR count). The third kappa shape index (κ3) is 2.65. The van der Waals surface area contributed by atoms with Crippen LogP contribution in [0.5, 0.6) is 0 Å². The van der Waals surface area contributed by atoms with Gasteiger partial charge in [-0.15, -0.1) is 0 Å². The first-order valence-electron chi connectivity index (χ1n) is 7.74. The molecular formula is C16H25N3O2. The van der Waals surface area contributed by atoms with E-state index in [0.717, 1.165) is 12.8 Å². The fraction of sp³-hybridized carbons (Fsp3) is 0.750. The van der Waals surface area contributed by atoms with E-state index in [2.05, 4.69) is 12.6 Å². The Hall–Kier alpha value is -1.54. The molecule has 4 atom stereocenters. The molecule has 1 aliphatic heterocycles. The van der Waals surface area contributed by atoms with Crippen LogP contribution >= 0.6 is 0 Å². The monoisotopic (exact) mass is 291 g/mol. The SMILES string of the molecule is C=C(O)CC(CC)(CC)[C@H](N)C(=O)N1[C@H](C#N)C[C@@H]2C[C@@H]21. The minimum atomic E-state index is -0.702. The summed E-state index contributed by atoms with van der Waals surface area (Å²) in [6.45, 7) is 7.51. The molecule has 5 heteroatoms. The van der Waals surface area contributed by atoms with Crippen LogP contribution in [0.15, 0.2) is 12.3 Å². The van der Waals surface area contributed by atoms with E-state index in [1.54, 1.807) is 4.90 Å². The molecule has 1 amide bonds. The molecule has 0 spiro atoms. The largest absolute Gasteiger partial charge is 0.513 e. The third-order valence-corrected chi connectivity index (χ3v) is 5.40. The van der Waals surface area contributed by atoms with Gasteiger partial charge in [-0.05, 0) is 31.6 Å². The second-order valence-electron chi connectivity index (χ2n) is 6.48. The normalized spacial score (nSPS) is 28.7. The van der Waals surface area contributed by atoms with Crippen molar-refractivity contribution < 1.29 is 9.90 Å². The van der Waals surface area contributed by atoms with Crippen molar-refractivity contribution in [1.82, 2.24) is 4.90 Å². The van der Waals surface area contributed by atoms with Gasteiger partial charge in [0.05, 0.1) is 17.9 Å². The first-order chi connectivity index (χ1) is 9.90. The van der Waals surface area contributed by atoms with E-state index >= 15 is 0 Å². The molecule has 0 aromatic heterocycles. The average molecular weight is 291 g/mol. The van der Waals surface area contributed by atoms with E-state index in [-0.39, 0.29) is 23.8 Å². The van der Waals surface area contributed by atoms with E-state index in [9.17, 15) is 15.2 Å². The predicted octanol–water partition coefficient (Wildman–Crippen LogP) is 2.09. The minimum Gasteiger partial charge on any atom is -0.513 e. The first-order valence-corrected chi connectivity index (χ1v) is 7.74. The number of hydrogen-bond acceptors (Lipinski definition) is 4. The third-order valence-electron chi connectivity index (χ3n) is 5.40. The summed E-state index contributed by atoms with van der Waals surface area (Å²) in [5, 5.41) is 18.8. The number of nitriles is 1. The summed E-state index contributed by atoms with van der Waals surface area (Å²) in [4.78, 5) is 14.5. The van der Waals surface area contributed by atoms with Gasteiger partial charge in [0.25, 0.3) is 0 Å². The lowest BCUT2D eigenvalue weighted by molar-refractivity contribution is -0.137. The number of piperidine rings is 1. The number of carbonyl (C=O) groups excluding carboxylic acids is 1. The number of aliphatic hydroxyl groups is 1. The Morgan fingerprint density at radius 3 is 2.62 bits per heavy atom. The summed E-state index contributed by atoms with van der Waals surface area (Å²) in [5.41, 5.74) is 5.80. The lowest BCUT2D eigenvalue weighted by Crippen LogP contribution is -2.55. The molecule has 1 saturated heterocycles. The van der Waals surface area contributed by atoms with Gasteiger partial charge < -0.3 is 15.7 Å². The number of likely N-dealkylation sites (tertiary alicyclic amines) is 1. The number of amides is 1. The van der Waals surface area contributed by atoms with Crippen molar-refractivity contribution in [2.45, 2.75) is 64.1 Å². The van der Waals surface area contributed by atoms with Crippen LogP contribution < -0.4 is 5.73 Å². The first kappa shape index (κ1) is 15.8. The molecule has 2 aliphatic rings. The van der Waals surface area contributed by atoms with E-state index in [0.29, 0.717) is 25.2 Å². The molecule has 21 heavy (non-hydrogen) atoms. The highest BCUT2D eigenvalue weighted by molar-refractivity contribution is 5.84. The van der Waals surface area contributed by atoms with E-state index < -0.39 is 11.5 Å². The predicted molar refractivity (Wildman–Crippen MR) is 80.1 cm³/mol. The van der Waals surface area contributed by atoms with Gasteiger partial charge in [0.2, 0.25) is 5.91 Å². The Morgan fingerprint density at radius 1 is 1.52 bits per heavy atom. The van der Waals surface area contributed by atoms with Crippen LogP contribution in [0.2, 0.25) is 0 Å². The Balaban J connectivity index is 2.20. The van der Waals surface area contributed by atoms with Crippen molar-refractivity contribution >= 4 is 5.91 Å². The molecule has 0 radical (unpaired) electrons. The van der Waals surface area contributed by atoms with Crippen molar-refractivity contribution in [2.24, 2.45) is 17.1 Å². The number of nitrogens with two attached hydrogens (primary N) is 1. The molecule has 1 aliphatic carbocycles. The van der Waals surface area contributed by atoms with Crippen molar-refractivity contribution in [2.75, 3.05) is 0 Å². The zero-order valence-electron chi connectivity index (χ0n) is 12.9. The number of aliphatic hydroxyl groups excluding tert-OH is 1. The Kier molecular flexibility index (Phi) is 4.29. The van der Waals surface area contributed by atoms with Gasteiger partial charge in [-0.2, -0.15) is 5.26 Å². The molecule has 1 heterocycles. The van der Waals surface area contributed by atoms with Crippen LogP contribution in [0.25, 0.3) is 0 Å². The zero-order chi connectivity index (χ0) is 15.8. The van der Waals surface area contributed by atoms with Gasteiger partial charge in [-0.25, -0.2) is 0 Å². The van der Waals surface area contributed by atoms with Crippen LogP contribution in [0, 0.1) is 22.7 Å². The van der Waals surface area contributed by atoms with Crippen LogP contribution in [0.4, 0.5) is 0 Å². The number of rotatable bonds is 6. The molecule has 0 unspecified atom stereocenters. The summed E-state index contributed by atoms with van der Waals surface area (Å²) >= 11 is 0. The van der Waals surface area contributed by atoms with Crippen molar-refractivity contribution in [1.29, 1.82) is 5.26 Å². The van der Waals surface area contributed by atoms with Crippen LogP contribution in [-0.2, 0) is 4.79 Å². The maximum absolute atomic E-state index is 12.8. The summed E-state index contributed by atoms with van der Waals surface area (Å²) < 4.78 is 0. The van der Waals surface area contributed by atoms with Gasteiger partial charge in [0.15, 0.2) is 0 Å². The fourth-order valence-electron chi connectivity index (χ4n) is 3.77. The number of carbonyl (C=O) groups is 1. The van der Waals surface area contributed by atoms with Gasteiger partial charge in [-0.3, -0.25) is 4.79 Å². The summed E-state index contributed by atoms with van der Waals surface area (Å²) in [7, 11) is 0. The Labute approximate surface area is 126 Å². The number of nitrogens with zero attached hydrogens (tertiary/aromatic N) is 2. The average Bonchev–Trinajstić information content (AvgIpc) is 3.13. The maximum atomic E-state index is 12.8. The number of allylic oxidation sites excluding steroid dienone is 1. The second kappa shape index (κ2) is 5.69. The summed E-state index contributed by atoms with van der Waals surface area (Å²) in [6, 6.07) is 1.39. The van der Waals surface area contributed by atoms with Crippen LogP contribution in [-0.4, -0.2) is 34.0 Å². The molecule has 1 saturated carbocycles. The van der Waals surface area contributed by atoms with Crippen molar-refractivity contribution in [3.05, 3.63) is 12.3 Å². The standard InChI is InChI=1S/C16H25N3O2/c1-4-16(5-2,8-10(3)20)14(18)15(21)19-12(9-17)6-11-7-13(11)19/h11-14,20H,3-8,18H2,1-2H3/t11-,12+,13+,14-/m1/s1. The van der Waals surface area contributed by atoms with Gasteiger partial charge in [-0.1, -0.05) is 20.4 Å². The summed E-state index contributed by atoms with van der Waals surface area (Å²) in [5.74, 6) is 0.400. The molecule has 0 bridgehead atoms. The maximum Gasteiger partial charge on any atom is 0.241 e. The molecule has 0 aromatic carbocycles. The number of fused-ring (bicyclic) bond motifs is 1. The van der Waals surface area contributed by atoms with Gasteiger partial charge in [0, 0.05) is 17.9 Å². The lowest BCUT2D eigenvalue weighted by Gasteiger charge is -2.39. The minimum absolute atomic E-state index is 0.0597. The Bertz CT molecular complexity index is 478. The van der Waals surface area contributed by atoms with Crippen LogP contribution in [0.3, 0.4) is 0 Å². The molecular weight excluding hydrogens is 266 g/mol. The molecule has 2 fully saturated rings. The molecule has 3 N–H and O–H groups in total. The summed E-state index contributed by atoms with van der Waals surface area (Å²) in [6.07, 6.45) is 3.47. The smallest absolute Gasteiger partial charge is 0.241 e. The van der Waals surface area contributed by atoms with Gasteiger partial charge >= 0.3 is 0 Å². The quantitative estimate of drug-likeness (QED) is 0.733. The highest BCUT2D eigenvalue weighted by Crippen LogP contribution is 2.49. The van der Waals surface area contributed by atoms with E-state index in [4.69, 9.17) is 5.73 Å².